The van der Waals surface area contributed by atoms with Gasteiger partial charge in [0.2, 0.25) is 5.91 Å². The summed E-state index contributed by atoms with van der Waals surface area (Å²) in [7, 11) is 0. The van der Waals surface area contributed by atoms with E-state index in [1.165, 1.54) is 6.07 Å². The largest absolute Gasteiger partial charge is 0.354 e. The molecule has 1 aliphatic heterocycles. The van der Waals surface area contributed by atoms with E-state index in [0.717, 1.165) is 19.4 Å². The fraction of sp³-hybridized carbons (Fsp3) is 0.412. The van der Waals surface area contributed by atoms with Gasteiger partial charge in [-0.15, -0.1) is 0 Å². The zero-order chi connectivity index (χ0) is 16.1. The van der Waals surface area contributed by atoms with Gasteiger partial charge in [-0.2, -0.15) is 0 Å². The van der Waals surface area contributed by atoms with Crippen LogP contribution in [0.25, 0.3) is 0 Å². The first-order chi connectivity index (χ1) is 11.2. The maximum absolute atomic E-state index is 13.7. The normalized spacial score (nSPS) is 17.4. The molecular weight excluding hydrogens is 295 g/mol. The number of hydrogen-bond acceptors (Lipinski definition) is 3. The van der Waals surface area contributed by atoms with Gasteiger partial charge >= 0.3 is 0 Å². The fourth-order valence-corrected chi connectivity index (χ4v) is 2.92. The lowest BCUT2D eigenvalue weighted by Gasteiger charge is -2.18. The molecule has 1 fully saturated rings. The van der Waals surface area contributed by atoms with E-state index in [4.69, 9.17) is 0 Å². The van der Waals surface area contributed by atoms with Crippen LogP contribution in [0, 0.1) is 5.82 Å². The molecule has 3 heterocycles. The average molecular weight is 316 g/mol. The van der Waals surface area contributed by atoms with Gasteiger partial charge in [-0.1, -0.05) is 0 Å². The number of hydrogen-bond donors (Lipinski definition) is 1. The molecule has 1 amide bonds. The molecule has 6 heteroatoms. The Morgan fingerprint density at radius 3 is 2.96 bits per heavy atom. The van der Waals surface area contributed by atoms with Crippen LogP contribution in [-0.2, 0) is 11.3 Å². The summed E-state index contributed by atoms with van der Waals surface area (Å²) in [6.07, 6.45) is 7.71. The summed E-state index contributed by atoms with van der Waals surface area (Å²) in [5, 5.41) is 3.04. The van der Waals surface area contributed by atoms with Crippen LogP contribution in [-0.4, -0.2) is 34.6 Å². The SMILES string of the molecule is O=C(CCCn1cccc1)N[C@H]1CCN(c2ncccc2F)C1. The second-order valence-corrected chi connectivity index (χ2v) is 5.83. The molecule has 0 radical (unpaired) electrons. The highest BCUT2D eigenvalue weighted by molar-refractivity contribution is 5.76. The van der Waals surface area contributed by atoms with Crippen molar-refractivity contribution >= 4 is 11.7 Å². The summed E-state index contributed by atoms with van der Waals surface area (Å²) in [4.78, 5) is 18.0. The van der Waals surface area contributed by atoms with Crippen molar-refractivity contribution < 1.29 is 9.18 Å². The summed E-state index contributed by atoms with van der Waals surface area (Å²) in [5.41, 5.74) is 0. The minimum atomic E-state index is -0.314. The molecule has 0 unspecified atom stereocenters. The van der Waals surface area contributed by atoms with Gasteiger partial charge in [0, 0.05) is 50.7 Å². The molecule has 1 saturated heterocycles. The number of pyridine rings is 1. The minimum Gasteiger partial charge on any atom is -0.354 e. The number of anilines is 1. The van der Waals surface area contributed by atoms with Crippen LogP contribution in [0.2, 0.25) is 0 Å². The molecule has 5 nitrogen and oxygen atoms in total. The van der Waals surface area contributed by atoms with Gasteiger partial charge in [-0.25, -0.2) is 9.37 Å². The zero-order valence-electron chi connectivity index (χ0n) is 13.0. The molecule has 1 atom stereocenters. The van der Waals surface area contributed by atoms with Crippen LogP contribution >= 0.6 is 0 Å². The third kappa shape index (κ3) is 4.09. The molecule has 1 N–H and O–H groups in total. The molecule has 2 aromatic heterocycles. The Labute approximate surface area is 135 Å². The van der Waals surface area contributed by atoms with E-state index in [1.54, 1.807) is 12.3 Å². The van der Waals surface area contributed by atoms with Gasteiger partial charge in [-0.3, -0.25) is 4.79 Å². The lowest BCUT2D eigenvalue weighted by Crippen LogP contribution is -2.37. The van der Waals surface area contributed by atoms with Crippen molar-refractivity contribution in [3.63, 3.8) is 0 Å². The highest BCUT2D eigenvalue weighted by Gasteiger charge is 2.26. The Morgan fingerprint density at radius 2 is 2.17 bits per heavy atom. The third-order valence-corrected chi connectivity index (χ3v) is 4.08. The van der Waals surface area contributed by atoms with E-state index >= 15 is 0 Å². The van der Waals surface area contributed by atoms with Gasteiger partial charge < -0.3 is 14.8 Å². The number of aromatic nitrogens is 2. The first kappa shape index (κ1) is 15.5. The number of carbonyl (C=O) groups excluding carboxylic acids is 1. The number of amides is 1. The summed E-state index contributed by atoms with van der Waals surface area (Å²) in [6.45, 7) is 2.16. The van der Waals surface area contributed by atoms with E-state index in [9.17, 15) is 9.18 Å². The van der Waals surface area contributed by atoms with Crippen LogP contribution in [0.3, 0.4) is 0 Å². The number of nitrogens with one attached hydrogen (secondary N) is 1. The number of rotatable bonds is 6. The van der Waals surface area contributed by atoms with Crippen molar-refractivity contribution in [2.24, 2.45) is 0 Å². The number of carbonyl (C=O) groups is 1. The van der Waals surface area contributed by atoms with E-state index in [0.29, 0.717) is 25.3 Å². The third-order valence-electron chi connectivity index (χ3n) is 4.08. The Hall–Kier alpha value is -2.37. The molecule has 23 heavy (non-hydrogen) atoms. The molecule has 0 aromatic carbocycles. The summed E-state index contributed by atoms with van der Waals surface area (Å²) < 4.78 is 15.8. The summed E-state index contributed by atoms with van der Waals surface area (Å²) in [5.74, 6) is 0.119. The summed E-state index contributed by atoms with van der Waals surface area (Å²) >= 11 is 0. The quantitative estimate of drug-likeness (QED) is 0.889. The van der Waals surface area contributed by atoms with Crippen molar-refractivity contribution in [2.45, 2.75) is 31.8 Å². The molecule has 0 aliphatic carbocycles. The fourth-order valence-electron chi connectivity index (χ4n) is 2.92. The highest BCUT2D eigenvalue weighted by atomic mass is 19.1. The lowest BCUT2D eigenvalue weighted by atomic mass is 10.2. The number of aryl methyl sites for hydroxylation is 1. The molecule has 0 saturated carbocycles. The van der Waals surface area contributed by atoms with E-state index < -0.39 is 0 Å². The Morgan fingerprint density at radius 1 is 1.35 bits per heavy atom. The predicted molar refractivity (Wildman–Crippen MR) is 86.6 cm³/mol. The van der Waals surface area contributed by atoms with Crippen molar-refractivity contribution in [1.29, 1.82) is 0 Å². The van der Waals surface area contributed by atoms with Crippen LogP contribution < -0.4 is 10.2 Å². The molecule has 3 rings (SSSR count). The van der Waals surface area contributed by atoms with E-state index in [1.807, 2.05) is 29.4 Å². The lowest BCUT2D eigenvalue weighted by molar-refractivity contribution is -0.121. The smallest absolute Gasteiger partial charge is 0.220 e. The summed E-state index contributed by atoms with van der Waals surface area (Å²) in [6, 6.07) is 7.01. The molecule has 0 spiro atoms. The minimum absolute atomic E-state index is 0.0606. The monoisotopic (exact) mass is 316 g/mol. The number of nitrogens with zero attached hydrogens (tertiary/aromatic N) is 3. The van der Waals surface area contributed by atoms with Crippen molar-refractivity contribution in [3.05, 3.63) is 48.7 Å². The molecule has 2 aromatic rings. The van der Waals surface area contributed by atoms with Crippen LogP contribution in [0.5, 0.6) is 0 Å². The predicted octanol–water partition coefficient (Wildman–Crippen LogP) is 2.20. The Kier molecular flexibility index (Phi) is 4.90. The Bertz CT molecular complexity index is 644. The average Bonchev–Trinajstić information content (AvgIpc) is 3.20. The maximum atomic E-state index is 13.7. The first-order valence-corrected chi connectivity index (χ1v) is 7.98. The van der Waals surface area contributed by atoms with Gasteiger partial charge in [0.15, 0.2) is 11.6 Å². The first-order valence-electron chi connectivity index (χ1n) is 7.98. The second-order valence-electron chi connectivity index (χ2n) is 5.83. The molecular formula is C17H21FN4O. The van der Waals surface area contributed by atoms with Gasteiger partial charge in [0.1, 0.15) is 0 Å². The maximum Gasteiger partial charge on any atom is 0.220 e. The van der Waals surface area contributed by atoms with Crippen LogP contribution in [0.1, 0.15) is 19.3 Å². The van der Waals surface area contributed by atoms with Crippen molar-refractivity contribution in [1.82, 2.24) is 14.9 Å². The Balaban J connectivity index is 1.42. The van der Waals surface area contributed by atoms with E-state index in [-0.39, 0.29) is 17.8 Å². The van der Waals surface area contributed by atoms with E-state index in [2.05, 4.69) is 14.9 Å². The van der Waals surface area contributed by atoms with Crippen molar-refractivity contribution in [3.8, 4) is 0 Å². The van der Waals surface area contributed by atoms with Gasteiger partial charge in [0.25, 0.3) is 0 Å². The second kappa shape index (κ2) is 7.26. The van der Waals surface area contributed by atoms with Gasteiger partial charge in [-0.05, 0) is 37.1 Å². The number of halogens is 1. The zero-order valence-corrected chi connectivity index (χ0v) is 13.0. The van der Waals surface area contributed by atoms with Crippen LogP contribution in [0.15, 0.2) is 42.9 Å². The van der Waals surface area contributed by atoms with Gasteiger partial charge in [0.05, 0.1) is 0 Å². The highest BCUT2D eigenvalue weighted by Crippen LogP contribution is 2.20. The molecule has 0 bridgehead atoms. The topological polar surface area (TPSA) is 50.2 Å². The molecule has 1 aliphatic rings. The van der Waals surface area contributed by atoms with Crippen molar-refractivity contribution in [2.75, 3.05) is 18.0 Å². The van der Waals surface area contributed by atoms with Crippen LogP contribution in [0.4, 0.5) is 10.2 Å². The molecule has 122 valence electrons. The standard InChI is InChI=1S/C17H21FN4O/c18-15-5-3-8-19-17(15)22-12-7-14(13-22)20-16(23)6-4-11-21-9-1-2-10-21/h1-3,5,8-10,14H,4,6-7,11-13H2,(H,20,23)/t14-/m0/s1.